The van der Waals surface area contributed by atoms with Crippen LogP contribution in [0.3, 0.4) is 0 Å². The number of nitrogens with one attached hydrogen (secondary N) is 2. The maximum absolute atomic E-state index is 9.96. The number of aromatic nitrogens is 1. The molecule has 0 atom stereocenters. The van der Waals surface area contributed by atoms with Gasteiger partial charge in [-0.3, -0.25) is 0 Å². The van der Waals surface area contributed by atoms with Gasteiger partial charge in [-0.1, -0.05) is 51.1 Å². The van der Waals surface area contributed by atoms with Crippen molar-refractivity contribution in [2.75, 3.05) is 14.1 Å². The van der Waals surface area contributed by atoms with E-state index < -0.39 is 0 Å². The van der Waals surface area contributed by atoms with Gasteiger partial charge < -0.3 is 15.1 Å². The van der Waals surface area contributed by atoms with Crippen LogP contribution in [0.2, 0.25) is 0 Å². The fourth-order valence-corrected chi connectivity index (χ4v) is 1.47. The third kappa shape index (κ3) is 12.3. The van der Waals surface area contributed by atoms with E-state index in [1.54, 1.807) is 14.1 Å². The van der Waals surface area contributed by atoms with E-state index in [1.807, 2.05) is 40.7 Å². The predicted octanol–water partition coefficient (Wildman–Crippen LogP) is 4.42. The topological polar surface area (TPSA) is 67.2 Å². The Balaban J connectivity index is 0. The summed E-state index contributed by atoms with van der Waals surface area (Å²) in [6.07, 6.45) is 1.14. The van der Waals surface area contributed by atoms with E-state index in [2.05, 4.69) is 46.8 Å². The zero-order valence-electron chi connectivity index (χ0n) is 16.4. The molecule has 0 fully saturated rings. The van der Waals surface area contributed by atoms with Crippen LogP contribution in [0, 0.1) is 20.8 Å². The Morgan fingerprint density at radius 3 is 1.71 bits per heavy atom. The van der Waals surface area contributed by atoms with E-state index in [0.29, 0.717) is 0 Å². The van der Waals surface area contributed by atoms with E-state index in [9.17, 15) is 4.79 Å². The van der Waals surface area contributed by atoms with Crippen LogP contribution < -0.4 is 10.6 Å². The second-order valence-corrected chi connectivity index (χ2v) is 4.54. The lowest BCUT2D eigenvalue weighted by atomic mass is 10.2. The summed E-state index contributed by atoms with van der Waals surface area (Å²) in [6, 6.07) is 10.3. The van der Waals surface area contributed by atoms with Crippen molar-refractivity contribution in [3.05, 3.63) is 53.2 Å². The molecular formula is C19H33N3O2. The van der Waals surface area contributed by atoms with Gasteiger partial charge in [-0.2, -0.15) is 0 Å². The summed E-state index contributed by atoms with van der Waals surface area (Å²) < 4.78 is 5.10. The van der Waals surface area contributed by atoms with E-state index in [1.165, 1.54) is 5.56 Å². The number of hydrogen-bond donors (Lipinski definition) is 2. The predicted molar refractivity (Wildman–Crippen MR) is 101 cm³/mol. The first-order valence-electron chi connectivity index (χ1n) is 8.28. The number of nitrogens with zero attached hydrogens (tertiary/aromatic N) is 1. The number of benzene rings is 1. The van der Waals surface area contributed by atoms with Crippen LogP contribution in [0.25, 0.3) is 0 Å². The van der Waals surface area contributed by atoms with Crippen molar-refractivity contribution < 1.29 is 9.21 Å². The molecule has 2 rings (SSSR count). The third-order valence-electron chi connectivity index (χ3n) is 2.84. The zero-order chi connectivity index (χ0) is 19.0. The molecule has 2 N–H and O–H groups in total. The van der Waals surface area contributed by atoms with E-state index in [4.69, 9.17) is 4.42 Å². The van der Waals surface area contributed by atoms with Gasteiger partial charge in [0, 0.05) is 21.0 Å². The summed E-state index contributed by atoms with van der Waals surface area (Å²) >= 11 is 0. The first kappa shape index (κ1) is 24.0. The molecule has 24 heavy (non-hydrogen) atoms. The molecule has 0 aliphatic heterocycles. The standard InChI is InChI=1S/C8H10.C6H9NO.C3H8N2O.C2H6/c1-2-8-6-4-3-5-7-8;1-4-5(2)8-6(3)7-4;1-4-3(6)5-2;1-2/h3-7H,2H2,1H3;1-3H3;1-2H3,(H2,4,5,6);1-2H3. The summed E-state index contributed by atoms with van der Waals surface area (Å²) in [7, 11) is 3.14. The molecule has 2 aromatic rings. The van der Waals surface area contributed by atoms with Crippen molar-refractivity contribution in [2.45, 2.75) is 48.0 Å². The van der Waals surface area contributed by atoms with E-state index >= 15 is 0 Å². The molecule has 136 valence electrons. The van der Waals surface area contributed by atoms with Crippen molar-refractivity contribution >= 4 is 6.03 Å². The van der Waals surface area contributed by atoms with Crippen molar-refractivity contribution in [1.29, 1.82) is 0 Å². The van der Waals surface area contributed by atoms with Gasteiger partial charge in [0.15, 0.2) is 5.89 Å². The summed E-state index contributed by atoms with van der Waals surface area (Å²) in [5, 5.41) is 4.73. The van der Waals surface area contributed by atoms with Crippen LogP contribution in [0.15, 0.2) is 34.7 Å². The van der Waals surface area contributed by atoms with Crippen LogP contribution >= 0.6 is 0 Å². The Morgan fingerprint density at radius 2 is 1.54 bits per heavy atom. The quantitative estimate of drug-likeness (QED) is 0.810. The normalized spacial score (nSPS) is 8.33. The molecule has 0 aliphatic carbocycles. The smallest absolute Gasteiger partial charge is 0.314 e. The number of rotatable bonds is 1. The Labute approximate surface area is 146 Å². The zero-order valence-corrected chi connectivity index (χ0v) is 16.4. The summed E-state index contributed by atoms with van der Waals surface area (Å²) in [5.74, 6) is 1.67. The van der Waals surface area contributed by atoms with Crippen molar-refractivity contribution in [3.63, 3.8) is 0 Å². The molecule has 0 spiro atoms. The first-order chi connectivity index (χ1) is 11.4. The minimum atomic E-state index is -0.157. The maximum Gasteiger partial charge on any atom is 0.314 e. The molecule has 0 aliphatic rings. The lowest BCUT2D eigenvalue weighted by Crippen LogP contribution is -2.28. The molecule has 1 aromatic carbocycles. The summed E-state index contributed by atoms with van der Waals surface area (Å²) in [5.41, 5.74) is 2.40. The van der Waals surface area contributed by atoms with Gasteiger partial charge in [-0.15, -0.1) is 0 Å². The lowest BCUT2D eigenvalue weighted by molar-refractivity contribution is 0.245. The fraction of sp³-hybridized carbons (Fsp3) is 0.474. The highest BCUT2D eigenvalue weighted by molar-refractivity contribution is 5.72. The second-order valence-electron chi connectivity index (χ2n) is 4.54. The molecule has 5 heteroatoms. The second kappa shape index (κ2) is 15.6. The van der Waals surface area contributed by atoms with Crippen molar-refractivity contribution in [2.24, 2.45) is 0 Å². The van der Waals surface area contributed by atoms with Crippen LogP contribution in [0.5, 0.6) is 0 Å². The molecule has 0 saturated heterocycles. The molecule has 1 aromatic heterocycles. The Bertz CT molecular complexity index is 511. The average molecular weight is 335 g/mol. The van der Waals surface area contributed by atoms with Gasteiger partial charge in [0.1, 0.15) is 5.76 Å². The van der Waals surface area contributed by atoms with Crippen LogP contribution in [0.1, 0.15) is 43.7 Å². The van der Waals surface area contributed by atoms with Crippen LogP contribution in [-0.4, -0.2) is 25.1 Å². The largest absolute Gasteiger partial charge is 0.446 e. The summed E-state index contributed by atoms with van der Waals surface area (Å²) in [6.45, 7) is 11.9. The molecule has 0 saturated carbocycles. The Morgan fingerprint density at radius 1 is 1.04 bits per heavy atom. The molecule has 0 bridgehead atoms. The maximum atomic E-state index is 9.96. The third-order valence-corrected chi connectivity index (χ3v) is 2.84. The van der Waals surface area contributed by atoms with E-state index in [0.717, 1.165) is 23.8 Å². The number of carbonyl (C=O) groups is 1. The molecule has 5 nitrogen and oxygen atoms in total. The molecule has 0 radical (unpaired) electrons. The first-order valence-corrected chi connectivity index (χ1v) is 8.28. The molecule has 1 heterocycles. The van der Waals surface area contributed by atoms with Gasteiger partial charge in [-0.05, 0) is 25.8 Å². The van der Waals surface area contributed by atoms with Gasteiger partial charge in [0.2, 0.25) is 0 Å². The Hall–Kier alpha value is -2.30. The van der Waals surface area contributed by atoms with Crippen molar-refractivity contribution in [3.8, 4) is 0 Å². The average Bonchev–Trinajstić information content (AvgIpc) is 2.93. The van der Waals surface area contributed by atoms with Crippen LogP contribution in [-0.2, 0) is 6.42 Å². The molecule has 0 unspecified atom stereocenters. The van der Waals surface area contributed by atoms with Gasteiger partial charge in [0.25, 0.3) is 0 Å². The van der Waals surface area contributed by atoms with Crippen molar-refractivity contribution in [1.82, 2.24) is 15.6 Å². The van der Waals surface area contributed by atoms with Gasteiger partial charge >= 0.3 is 6.03 Å². The monoisotopic (exact) mass is 335 g/mol. The number of carbonyl (C=O) groups excluding carboxylic acids is 1. The van der Waals surface area contributed by atoms with Gasteiger partial charge in [0.05, 0.1) is 5.69 Å². The number of urea groups is 1. The van der Waals surface area contributed by atoms with Crippen LogP contribution in [0.4, 0.5) is 4.79 Å². The van der Waals surface area contributed by atoms with E-state index in [-0.39, 0.29) is 6.03 Å². The highest BCUT2D eigenvalue weighted by Gasteiger charge is 1.97. The SMILES string of the molecule is CC.CCc1ccccc1.CNC(=O)NC.Cc1nc(C)c(C)o1. The number of hydrogen-bond acceptors (Lipinski definition) is 3. The van der Waals surface area contributed by atoms with Gasteiger partial charge in [-0.25, -0.2) is 9.78 Å². The molecular weight excluding hydrogens is 302 g/mol. The number of aryl methyl sites for hydroxylation is 4. The minimum absolute atomic E-state index is 0.157. The highest BCUT2D eigenvalue weighted by Crippen LogP contribution is 2.05. The Kier molecular flexibility index (Phi) is 15.6. The summed E-state index contributed by atoms with van der Waals surface area (Å²) in [4.78, 5) is 14.0. The number of oxazole rings is 1. The fourth-order valence-electron chi connectivity index (χ4n) is 1.47. The minimum Gasteiger partial charge on any atom is -0.446 e. The number of amides is 2. The molecule has 2 amide bonds. The highest BCUT2D eigenvalue weighted by atomic mass is 16.4. The lowest BCUT2D eigenvalue weighted by Gasteiger charge is -1.91.